The highest BCUT2D eigenvalue weighted by atomic mass is 32.2. The highest BCUT2D eigenvalue weighted by molar-refractivity contribution is 7.85. The molecule has 0 bridgehead atoms. The van der Waals surface area contributed by atoms with Gasteiger partial charge in [0.05, 0.1) is 6.61 Å². The molecule has 1 saturated heterocycles. The number of allylic oxidation sites excluding steroid dienone is 8. The van der Waals surface area contributed by atoms with Gasteiger partial charge >= 0.3 is 11.9 Å². The first kappa shape index (κ1) is 50.6. The Balaban J connectivity index is 2.52. The Hall–Kier alpha value is -2.39. The van der Waals surface area contributed by atoms with E-state index < -0.39 is 71.2 Å². The van der Waals surface area contributed by atoms with Crippen LogP contribution >= 0.6 is 0 Å². The van der Waals surface area contributed by atoms with E-state index in [9.17, 15) is 37.9 Å². The third-order valence-electron chi connectivity index (χ3n) is 9.27. The Morgan fingerprint density at radius 2 is 1.15 bits per heavy atom. The average Bonchev–Trinajstić information content (AvgIpc) is 3.14. The van der Waals surface area contributed by atoms with Crippen molar-refractivity contribution >= 4 is 22.1 Å². The van der Waals surface area contributed by atoms with Gasteiger partial charge in [-0.3, -0.25) is 14.1 Å². The maximum atomic E-state index is 12.7. The molecule has 1 fully saturated rings. The molecular formula is C42H72O12S. The molecule has 0 aromatic rings. The first-order valence-corrected chi connectivity index (χ1v) is 22.4. The smallest absolute Gasteiger partial charge is 0.306 e. The van der Waals surface area contributed by atoms with E-state index in [1.54, 1.807) is 0 Å². The fraction of sp³-hybridized carbons (Fsp3) is 0.762. The largest absolute Gasteiger partial charge is 0.462 e. The van der Waals surface area contributed by atoms with Crippen LogP contribution in [-0.2, 0) is 38.7 Å². The quantitative estimate of drug-likeness (QED) is 0.0221. The van der Waals surface area contributed by atoms with Crippen LogP contribution in [0, 0.1) is 0 Å². The Labute approximate surface area is 331 Å². The number of esters is 2. The Bertz CT molecular complexity index is 1210. The second-order valence-electron chi connectivity index (χ2n) is 14.4. The van der Waals surface area contributed by atoms with Gasteiger partial charge in [0.15, 0.2) is 12.4 Å². The second kappa shape index (κ2) is 32.7. The van der Waals surface area contributed by atoms with Gasteiger partial charge in [-0.25, -0.2) is 0 Å². The van der Waals surface area contributed by atoms with Gasteiger partial charge in [-0.2, -0.15) is 8.42 Å². The summed E-state index contributed by atoms with van der Waals surface area (Å²) in [4.78, 5) is 25.3. The van der Waals surface area contributed by atoms with Gasteiger partial charge in [0, 0.05) is 12.8 Å². The molecule has 1 aliphatic rings. The molecule has 12 nitrogen and oxygen atoms in total. The van der Waals surface area contributed by atoms with Gasteiger partial charge in [0.2, 0.25) is 0 Å². The summed E-state index contributed by atoms with van der Waals surface area (Å²) in [7, 11) is -4.60. The van der Waals surface area contributed by atoms with Crippen molar-refractivity contribution < 1.29 is 56.8 Å². The highest BCUT2D eigenvalue weighted by Gasteiger charge is 2.46. The highest BCUT2D eigenvalue weighted by Crippen LogP contribution is 2.24. The Morgan fingerprint density at radius 3 is 1.71 bits per heavy atom. The van der Waals surface area contributed by atoms with Crippen molar-refractivity contribution in [1.29, 1.82) is 0 Å². The Morgan fingerprint density at radius 1 is 0.636 bits per heavy atom. The van der Waals surface area contributed by atoms with Crippen molar-refractivity contribution in [2.45, 2.75) is 185 Å². The summed E-state index contributed by atoms with van der Waals surface area (Å²) in [5.74, 6) is -2.04. The molecule has 55 heavy (non-hydrogen) atoms. The summed E-state index contributed by atoms with van der Waals surface area (Å²) in [5.41, 5.74) is 0. The van der Waals surface area contributed by atoms with E-state index >= 15 is 0 Å². The summed E-state index contributed by atoms with van der Waals surface area (Å²) >= 11 is 0. The average molecular weight is 801 g/mol. The van der Waals surface area contributed by atoms with Crippen LogP contribution in [0.25, 0.3) is 0 Å². The maximum Gasteiger partial charge on any atom is 0.306 e. The molecule has 0 radical (unpaired) electrons. The van der Waals surface area contributed by atoms with Crippen molar-refractivity contribution in [3.05, 3.63) is 48.6 Å². The fourth-order valence-electron chi connectivity index (χ4n) is 6.04. The summed E-state index contributed by atoms with van der Waals surface area (Å²) < 4.78 is 53.9. The van der Waals surface area contributed by atoms with E-state index in [0.29, 0.717) is 12.8 Å². The zero-order valence-electron chi connectivity index (χ0n) is 33.5. The van der Waals surface area contributed by atoms with E-state index in [4.69, 9.17) is 18.9 Å². The number of hydrogen-bond acceptors (Lipinski definition) is 11. The van der Waals surface area contributed by atoms with E-state index in [2.05, 4.69) is 26.0 Å². The van der Waals surface area contributed by atoms with Crippen LogP contribution in [0.4, 0.5) is 0 Å². The molecule has 318 valence electrons. The SMILES string of the molecule is CC/C=C/C=C/C=C/C=C/CCCCCC(=O)OC(COC(=O)CCCCCCCCCCCCCCCC)CO[C@H]1O[C@H](CS(=O)(=O)O)[C@@H](O)C(O)C1O. The number of carbonyl (C=O) groups excluding carboxylic acids is 2. The lowest BCUT2D eigenvalue weighted by Gasteiger charge is -2.40. The summed E-state index contributed by atoms with van der Waals surface area (Å²) in [6.07, 6.45) is 27.4. The van der Waals surface area contributed by atoms with Crippen LogP contribution in [0.3, 0.4) is 0 Å². The molecule has 3 unspecified atom stereocenters. The molecule has 1 aliphatic heterocycles. The van der Waals surface area contributed by atoms with Crippen LogP contribution in [0.5, 0.6) is 0 Å². The van der Waals surface area contributed by atoms with Gasteiger partial charge < -0.3 is 34.3 Å². The molecule has 0 aromatic heterocycles. The fourth-order valence-corrected chi connectivity index (χ4v) is 6.73. The number of unbranched alkanes of at least 4 members (excludes halogenated alkanes) is 16. The third kappa shape index (κ3) is 27.8. The maximum absolute atomic E-state index is 12.7. The summed E-state index contributed by atoms with van der Waals surface area (Å²) in [5, 5.41) is 30.8. The zero-order valence-corrected chi connectivity index (χ0v) is 34.3. The number of hydrogen-bond donors (Lipinski definition) is 4. The molecule has 4 N–H and O–H groups in total. The van der Waals surface area contributed by atoms with Crippen LogP contribution < -0.4 is 0 Å². The van der Waals surface area contributed by atoms with Gasteiger partial charge in [-0.1, -0.05) is 152 Å². The van der Waals surface area contributed by atoms with Crippen LogP contribution in [0.15, 0.2) is 48.6 Å². The van der Waals surface area contributed by atoms with Crippen molar-refractivity contribution in [1.82, 2.24) is 0 Å². The molecular weight excluding hydrogens is 729 g/mol. The molecule has 6 atom stereocenters. The van der Waals surface area contributed by atoms with Crippen LogP contribution in [0.2, 0.25) is 0 Å². The lowest BCUT2D eigenvalue weighted by Crippen LogP contribution is -2.60. The second-order valence-corrected chi connectivity index (χ2v) is 15.9. The number of rotatable bonds is 33. The summed E-state index contributed by atoms with van der Waals surface area (Å²) in [6, 6.07) is 0. The molecule has 1 heterocycles. The summed E-state index contributed by atoms with van der Waals surface area (Å²) in [6.45, 7) is 3.56. The van der Waals surface area contributed by atoms with Gasteiger partial charge in [0.1, 0.15) is 36.8 Å². The lowest BCUT2D eigenvalue weighted by atomic mass is 10.00. The van der Waals surface area contributed by atoms with E-state index in [0.717, 1.165) is 44.9 Å². The van der Waals surface area contributed by atoms with Gasteiger partial charge in [0.25, 0.3) is 10.1 Å². The first-order chi connectivity index (χ1) is 26.5. The number of carbonyl (C=O) groups is 2. The van der Waals surface area contributed by atoms with Crippen LogP contribution in [-0.4, -0.2) is 96.0 Å². The molecule has 0 amide bonds. The van der Waals surface area contributed by atoms with Crippen molar-refractivity contribution in [3.63, 3.8) is 0 Å². The molecule has 1 rings (SSSR count). The standard InChI is InChI=1S/C42H72O12S/c1-3-5-7-9-11-13-15-17-19-20-22-24-26-28-30-37(43)51-32-35(33-52-42-41(47)40(46)39(45)36(54-42)34-55(48,49)50)53-38(44)31-29-27-25-23-21-18-16-14-12-10-8-6-4-2/h6,8,10,12,14,16,18,21,35-36,39-42,45-47H,3-5,7,9,11,13,15,17,19-20,22-34H2,1-2H3,(H,48,49,50)/b8-6+,12-10+,16-14+,21-18+/t35?,36-,39-,40?,41?,42+/m1/s1. The molecule has 0 saturated carbocycles. The predicted octanol–water partition coefficient (Wildman–Crippen LogP) is 7.61. The Kier molecular flexibility index (Phi) is 30.1. The van der Waals surface area contributed by atoms with Gasteiger partial charge in [-0.15, -0.1) is 0 Å². The van der Waals surface area contributed by atoms with Crippen molar-refractivity contribution in [2.75, 3.05) is 19.0 Å². The van der Waals surface area contributed by atoms with Crippen LogP contribution in [0.1, 0.15) is 149 Å². The molecule has 0 aliphatic carbocycles. The van der Waals surface area contributed by atoms with E-state index in [1.807, 2.05) is 36.5 Å². The first-order valence-electron chi connectivity index (χ1n) is 20.7. The van der Waals surface area contributed by atoms with Gasteiger partial charge in [-0.05, 0) is 32.1 Å². The predicted molar refractivity (Wildman–Crippen MR) is 215 cm³/mol. The minimum Gasteiger partial charge on any atom is -0.462 e. The monoisotopic (exact) mass is 800 g/mol. The van der Waals surface area contributed by atoms with E-state index in [1.165, 1.54) is 64.2 Å². The normalized spacial score (nSPS) is 21.3. The van der Waals surface area contributed by atoms with Crippen molar-refractivity contribution in [2.24, 2.45) is 0 Å². The minimum absolute atomic E-state index is 0.118. The zero-order chi connectivity index (χ0) is 40.6. The van der Waals surface area contributed by atoms with Crippen molar-refractivity contribution in [3.8, 4) is 0 Å². The topological polar surface area (TPSA) is 186 Å². The minimum atomic E-state index is -4.60. The number of aliphatic hydroxyl groups is 3. The van der Waals surface area contributed by atoms with E-state index in [-0.39, 0.29) is 19.4 Å². The third-order valence-corrected chi connectivity index (χ3v) is 10.0. The molecule has 0 aromatic carbocycles. The number of ether oxygens (including phenoxy) is 4. The molecule has 0 spiro atoms. The lowest BCUT2D eigenvalue weighted by molar-refractivity contribution is -0.297. The number of aliphatic hydroxyl groups excluding tert-OH is 3. The molecule has 13 heteroatoms.